The first-order valence-electron chi connectivity index (χ1n) is 4.91. The van der Waals surface area contributed by atoms with E-state index >= 15 is 0 Å². The zero-order valence-electron chi connectivity index (χ0n) is 9.49. The van der Waals surface area contributed by atoms with Crippen LogP contribution in [0.5, 0.6) is 0 Å². The Balaban J connectivity index is 4.46. The number of nitrogens with one attached hydrogen (secondary N) is 1. The monoisotopic (exact) mass is 216 g/mol. The maximum absolute atomic E-state index is 11.3. The van der Waals surface area contributed by atoms with Crippen LogP contribution >= 0.6 is 0 Å². The standard InChI is InChI=1S/C9H20N4O2/c1-6(2)4-13(5-8(10)14)7(3)9(15)12-11/h6-7H,4-5,11H2,1-3H3,(H2,10,14)(H,12,15). The zero-order chi connectivity index (χ0) is 12.0. The number of rotatable bonds is 6. The van der Waals surface area contributed by atoms with Crippen molar-refractivity contribution in [1.82, 2.24) is 10.3 Å². The first-order valence-corrected chi connectivity index (χ1v) is 4.91. The minimum Gasteiger partial charge on any atom is -0.369 e. The van der Waals surface area contributed by atoms with Crippen LogP contribution in [0.3, 0.4) is 0 Å². The number of nitrogens with two attached hydrogens (primary N) is 2. The van der Waals surface area contributed by atoms with Gasteiger partial charge in [-0.3, -0.25) is 19.9 Å². The van der Waals surface area contributed by atoms with Crippen molar-refractivity contribution in [1.29, 1.82) is 0 Å². The maximum Gasteiger partial charge on any atom is 0.250 e. The van der Waals surface area contributed by atoms with Crippen molar-refractivity contribution in [2.75, 3.05) is 13.1 Å². The van der Waals surface area contributed by atoms with E-state index in [-0.39, 0.29) is 12.5 Å². The van der Waals surface area contributed by atoms with Crippen LogP contribution in [-0.4, -0.2) is 35.8 Å². The lowest BCUT2D eigenvalue weighted by atomic mass is 10.1. The molecule has 0 rings (SSSR count). The van der Waals surface area contributed by atoms with Gasteiger partial charge in [-0.05, 0) is 12.8 Å². The molecule has 0 saturated carbocycles. The van der Waals surface area contributed by atoms with E-state index in [1.165, 1.54) is 0 Å². The lowest BCUT2D eigenvalue weighted by Gasteiger charge is -2.27. The fraction of sp³-hybridized carbons (Fsp3) is 0.778. The molecule has 0 aliphatic rings. The maximum atomic E-state index is 11.3. The normalized spacial score (nSPS) is 12.9. The van der Waals surface area contributed by atoms with Crippen LogP contribution in [-0.2, 0) is 9.59 Å². The third-order valence-electron chi connectivity index (χ3n) is 2.03. The highest BCUT2D eigenvalue weighted by Crippen LogP contribution is 2.04. The molecular formula is C9H20N4O2. The van der Waals surface area contributed by atoms with Gasteiger partial charge in [0.1, 0.15) is 0 Å². The highest BCUT2D eigenvalue weighted by atomic mass is 16.2. The third-order valence-corrected chi connectivity index (χ3v) is 2.03. The minimum atomic E-state index is -0.454. The average Bonchev–Trinajstić information content (AvgIpc) is 2.13. The predicted molar refractivity (Wildman–Crippen MR) is 57.4 cm³/mol. The van der Waals surface area contributed by atoms with E-state index in [9.17, 15) is 9.59 Å². The Morgan fingerprint density at radius 2 is 1.87 bits per heavy atom. The van der Waals surface area contributed by atoms with Crippen molar-refractivity contribution in [3.63, 3.8) is 0 Å². The van der Waals surface area contributed by atoms with Crippen LogP contribution in [0, 0.1) is 5.92 Å². The van der Waals surface area contributed by atoms with E-state index in [1.54, 1.807) is 11.8 Å². The predicted octanol–water partition coefficient (Wildman–Crippen LogP) is -1.19. The Kier molecular flexibility index (Phi) is 5.88. The van der Waals surface area contributed by atoms with Gasteiger partial charge in [0.2, 0.25) is 5.91 Å². The van der Waals surface area contributed by atoms with Gasteiger partial charge in [-0.25, -0.2) is 5.84 Å². The summed E-state index contributed by atoms with van der Waals surface area (Å²) in [5, 5.41) is 0. The molecule has 2 amide bonds. The first-order chi connectivity index (χ1) is 6.88. The molecule has 6 nitrogen and oxygen atoms in total. The van der Waals surface area contributed by atoms with Crippen molar-refractivity contribution in [3.05, 3.63) is 0 Å². The Morgan fingerprint density at radius 1 is 1.33 bits per heavy atom. The largest absolute Gasteiger partial charge is 0.369 e. The van der Waals surface area contributed by atoms with E-state index in [1.807, 2.05) is 13.8 Å². The fourth-order valence-electron chi connectivity index (χ4n) is 1.32. The second kappa shape index (κ2) is 6.36. The minimum absolute atomic E-state index is 0.0623. The quantitative estimate of drug-likeness (QED) is 0.295. The SMILES string of the molecule is CC(C)CN(CC(N)=O)C(C)C(=O)NN. The van der Waals surface area contributed by atoms with Crippen molar-refractivity contribution in [2.24, 2.45) is 17.5 Å². The van der Waals surface area contributed by atoms with Gasteiger partial charge >= 0.3 is 0 Å². The summed E-state index contributed by atoms with van der Waals surface area (Å²) >= 11 is 0. The highest BCUT2D eigenvalue weighted by molar-refractivity contribution is 5.82. The number of hydrogen-bond acceptors (Lipinski definition) is 4. The van der Waals surface area contributed by atoms with Crippen LogP contribution in [0.15, 0.2) is 0 Å². The molecule has 0 fully saturated rings. The summed E-state index contributed by atoms with van der Waals surface area (Å²) in [6, 6.07) is -0.454. The molecular weight excluding hydrogens is 196 g/mol. The lowest BCUT2D eigenvalue weighted by molar-refractivity contribution is -0.127. The molecule has 1 atom stereocenters. The molecule has 5 N–H and O–H groups in total. The molecule has 0 spiro atoms. The molecule has 0 aromatic carbocycles. The number of hydrazine groups is 1. The summed E-state index contributed by atoms with van der Waals surface area (Å²) in [5.41, 5.74) is 7.16. The van der Waals surface area contributed by atoms with Gasteiger partial charge in [-0.2, -0.15) is 0 Å². The van der Waals surface area contributed by atoms with Crippen molar-refractivity contribution >= 4 is 11.8 Å². The van der Waals surface area contributed by atoms with Crippen LogP contribution in [0.4, 0.5) is 0 Å². The van der Waals surface area contributed by atoms with Crippen LogP contribution in [0.1, 0.15) is 20.8 Å². The number of amides is 2. The Labute approximate surface area is 89.9 Å². The molecule has 0 aliphatic carbocycles. The summed E-state index contributed by atoms with van der Waals surface area (Å²) in [6.45, 7) is 6.37. The van der Waals surface area contributed by atoms with Gasteiger partial charge < -0.3 is 5.73 Å². The van der Waals surface area contributed by atoms with E-state index < -0.39 is 11.9 Å². The molecule has 0 heterocycles. The number of carbonyl (C=O) groups excluding carboxylic acids is 2. The molecule has 0 aromatic heterocycles. The number of nitrogens with zero attached hydrogens (tertiary/aromatic N) is 1. The van der Waals surface area contributed by atoms with Gasteiger partial charge in [0.25, 0.3) is 5.91 Å². The zero-order valence-corrected chi connectivity index (χ0v) is 9.49. The van der Waals surface area contributed by atoms with E-state index in [0.717, 1.165) is 0 Å². The summed E-state index contributed by atoms with van der Waals surface area (Å²) < 4.78 is 0. The van der Waals surface area contributed by atoms with Crippen molar-refractivity contribution in [2.45, 2.75) is 26.8 Å². The van der Waals surface area contributed by atoms with Crippen molar-refractivity contribution < 1.29 is 9.59 Å². The lowest BCUT2D eigenvalue weighted by Crippen LogP contribution is -2.50. The Hall–Kier alpha value is -1.14. The van der Waals surface area contributed by atoms with Crippen LogP contribution < -0.4 is 17.0 Å². The molecule has 15 heavy (non-hydrogen) atoms. The summed E-state index contributed by atoms with van der Waals surface area (Å²) in [4.78, 5) is 23.8. The fourth-order valence-corrected chi connectivity index (χ4v) is 1.32. The van der Waals surface area contributed by atoms with E-state index in [0.29, 0.717) is 12.5 Å². The highest BCUT2D eigenvalue weighted by Gasteiger charge is 2.22. The van der Waals surface area contributed by atoms with E-state index in [2.05, 4.69) is 5.43 Å². The van der Waals surface area contributed by atoms with Gasteiger partial charge in [-0.15, -0.1) is 0 Å². The molecule has 0 bridgehead atoms. The van der Waals surface area contributed by atoms with Gasteiger partial charge in [0.15, 0.2) is 0 Å². The molecule has 88 valence electrons. The summed E-state index contributed by atoms with van der Waals surface area (Å²) in [7, 11) is 0. The Morgan fingerprint density at radius 3 is 2.20 bits per heavy atom. The molecule has 6 heteroatoms. The van der Waals surface area contributed by atoms with Crippen LogP contribution in [0.25, 0.3) is 0 Å². The molecule has 0 aromatic rings. The summed E-state index contributed by atoms with van der Waals surface area (Å²) in [5.74, 6) is 4.60. The topological polar surface area (TPSA) is 101 Å². The molecule has 0 radical (unpaired) electrons. The molecule has 1 unspecified atom stereocenters. The number of hydrogen-bond donors (Lipinski definition) is 3. The van der Waals surface area contributed by atoms with Gasteiger partial charge in [-0.1, -0.05) is 13.8 Å². The van der Waals surface area contributed by atoms with Gasteiger partial charge in [0, 0.05) is 6.54 Å². The van der Waals surface area contributed by atoms with Crippen LogP contribution in [0.2, 0.25) is 0 Å². The van der Waals surface area contributed by atoms with E-state index in [4.69, 9.17) is 11.6 Å². The molecule has 0 saturated heterocycles. The first kappa shape index (κ1) is 13.9. The second-order valence-electron chi connectivity index (χ2n) is 3.97. The Bertz CT molecular complexity index is 230. The smallest absolute Gasteiger partial charge is 0.250 e. The number of primary amides is 1. The third kappa shape index (κ3) is 5.34. The second-order valence-corrected chi connectivity index (χ2v) is 3.97. The number of carbonyl (C=O) groups is 2. The molecule has 0 aliphatic heterocycles. The average molecular weight is 216 g/mol. The van der Waals surface area contributed by atoms with Crippen molar-refractivity contribution in [3.8, 4) is 0 Å². The van der Waals surface area contributed by atoms with Gasteiger partial charge in [0.05, 0.1) is 12.6 Å². The summed E-state index contributed by atoms with van der Waals surface area (Å²) in [6.07, 6.45) is 0.